The van der Waals surface area contributed by atoms with Gasteiger partial charge in [0.1, 0.15) is 6.26 Å². The van der Waals surface area contributed by atoms with Crippen LogP contribution in [0.15, 0.2) is 21.8 Å². The van der Waals surface area contributed by atoms with Crippen molar-refractivity contribution in [3.8, 4) is 0 Å². The van der Waals surface area contributed by atoms with Crippen molar-refractivity contribution in [3.63, 3.8) is 0 Å². The molecule has 2 fully saturated rings. The number of hydrogen-bond donors (Lipinski definition) is 2. The molecule has 2 heterocycles. The van der Waals surface area contributed by atoms with Gasteiger partial charge in [0.25, 0.3) is 0 Å². The molecule has 0 bridgehead atoms. The summed E-state index contributed by atoms with van der Waals surface area (Å²) in [6.07, 6.45) is 6.84. The topological polar surface area (TPSA) is 77.1 Å². The van der Waals surface area contributed by atoms with Crippen LogP contribution in [0.1, 0.15) is 44.7 Å². The molecule has 1 aliphatic carbocycles. The van der Waals surface area contributed by atoms with E-state index in [1.165, 1.54) is 6.42 Å². The van der Waals surface area contributed by atoms with E-state index >= 15 is 0 Å². The average Bonchev–Trinajstić information content (AvgIpc) is 3.13. The Bertz CT molecular complexity index is 538. The van der Waals surface area contributed by atoms with E-state index in [0.29, 0.717) is 6.54 Å². The minimum absolute atomic E-state index is 0. The molecule has 0 radical (unpaired) electrons. The second kappa shape index (κ2) is 10.5. The van der Waals surface area contributed by atoms with Gasteiger partial charge in [-0.05, 0) is 19.8 Å². The molecule has 0 amide bonds. The molecule has 2 N–H and O–H groups in total. The summed E-state index contributed by atoms with van der Waals surface area (Å²) in [7, 11) is 0. The summed E-state index contributed by atoms with van der Waals surface area (Å²) in [4.78, 5) is 9.45. The lowest BCUT2D eigenvalue weighted by atomic mass is 9.85. The summed E-state index contributed by atoms with van der Waals surface area (Å²) in [5.41, 5.74) is 0.377. The fraction of sp³-hybridized carbons (Fsp3) is 0.778. The molecule has 0 spiro atoms. The molecule has 148 valence electrons. The van der Waals surface area contributed by atoms with Gasteiger partial charge in [-0.3, -0.25) is 9.89 Å². The maximum absolute atomic E-state index is 10.7. The van der Waals surface area contributed by atoms with E-state index in [0.717, 1.165) is 76.6 Å². The number of rotatable bonds is 5. The number of hydrogen-bond acceptors (Lipinski definition) is 5. The summed E-state index contributed by atoms with van der Waals surface area (Å²) >= 11 is 0. The van der Waals surface area contributed by atoms with Crippen LogP contribution >= 0.6 is 24.0 Å². The molecule has 0 atom stereocenters. The van der Waals surface area contributed by atoms with Gasteiger partial charge in [-0.25, -0.2) is 0 Å². The van der Waals surface area contributed by atoms with Crippen LogP contribution in [0.25, 0.3) is 0 Å². The zero-order valence-corrected chi connectivity index (χ0v) is 18.0. The molecule has 0 unspecified atom stereocenters. The Labute approximate surface area is 173 Å². The number of nitrogens with zero attached hydrogens (tertiary/aromatic N) is 4. The lowest BCUT2D eigenvalue weighted by Gasteiger charge is -2.37. The normalized spacial score (nSPS) is 21.3. The standard InChI is InChI=1S/C18H31N5O2.HI/c1-2-19-17(20-15-18(24)7-4-3-5-8-18)23-11-9-22(10-12-23)14-16-6-13-25-21-16;/h6,13,24H,2-5,7-12,14-15H2,1H3,(H,19,20);1H. The average molecular weight is 477 g/mol. The van der Waals surface area contributed by atoms with Gasteiger partial charge in [0.15, 0.2) is 5.96 Å². The lowest BCUT2D eigenvalue weighted by molar-refractivity contribution is 0.0128. The van der Waals surface area contributed by atoms with E-state index < -0.39 is 5.60 Å². The molecule has 1 aliphatic heterocycles. The molecule has 1 saturated heterocycles. The zero-order valence-electron chi connectivity index (χ0n) is 15.7. The maximum atomic E-state index is 10.7. The zero-order chi connectivity index (χ0) is 17.5. The summed E-state index contributed by atoms with van der Waals surface area (Å²) < 4.78 is 4.91. The molecule has 3 rings (SSSR count). The third kappa shape index (κ3) is 6.09. The van der Waals surface area contributed by atoms with E-state index in [2.05, 4.69) is 27.2 Å². The summed E-state index contributed by atoms with van der Waals surface area (Å²) in [6.45, 7) is 8.08. The molecule has 2 aliphatic rings. The van der Waals surface area contributed by atoms with E-state index in [9.17, 15) is 5.11 Å². The number of guanidine groups is 1. The first-order chi connectivity index (χ1) is 12.2. The molecule has 8 heteroatoms. The van der Waals surface area contributed by atoms with Crippen molar-refractivity contribution in [3.05, 3.63) is 18.0 Å². The summed E-state index contributed by atoms with van der Waals surface area (Å²) in [6, 6.07) is 1.92. The highest BCUT2D eigenvalue weighted by molar-refractivity contribution is 14.0. The Morgan fingerprint density at radius 1 is 1.27 bits per heavy atom. The molecule has 1 aromatic heterocycles. The third-order valence-corrected chi connectivity index (χ3v) is 5.19. The van der Waals surface area contributed by atoms with Crippen LogP contribution < -0.4 is 5.32 Å². The molecule has 26 heavy (non-hydrogen) atoms. The fourth-order valence-corrected chi connectivity index (χ4v) is 3.68. The Balaban J connectivity index is 0.00000243. The third-order valence-electron chi connectivity index (χ3n) is 5.19. The lowest BCUT2D eigenvalue weighted by Crippen LogP contribution is -2.52. The second-order valence-corrected chi connectivity index (χ2v) is 7.21. The largest absolute Gasteiger partial charge is 0.388 e. The predicted molar refractivity (Wildman–Crippen MR) is 113 cm³/mol. The van der Waals surface area contributed by atoms with Crippen molar-refractivity contribution < 1.29 is 9.63 Å². The second-order valence-electron chi connectivity index (χ2n) is 7.21. The fourth-order valence-electron chi connectivity index (χ4n) is 3.68. The highest BCUT2D eigenvalue weighted by Crippen LogP contribution is 2.28. The van der Waals surface area contributed by atoms with Gasteiger partial charge in [0.05, 0.1) is 17.8 Å². The van der Waals surface area contributed by atoms with E-state index in [1.54, 1.807) is 6.26 Å². The summed E-state index contributed by atoms with van der Waals surface area (Å²) in [5, 5.41) is 18.1. The highest BCUT2D eigenvalue weighted by Gasteiger charge is 2.29. The van der Waals surface area contributed by atoms with E-state index in [1.807, 2.05) is 6.07 Å². The van der Waals surface area contributed by atoms with Crippen molar-refractivity contribution in [2.75, 3.05) is 39.3 Å². The van der Waals surface area contributed by atoms with E-state index in [-0.39, 0.29) is 24.0 Å². The van der Waals surface area contributed by atoms with Gasteiger partial charge < -0.3 is 19.8 Å². The molecule has 0 aromatic carbocycles. The van der Waals surface area contributed by atoms with Crippen molar-refractivity contribution in [2.45, 2.75) is 51.2 Å². The molecular weight excluding hydrogens is 445 g/mol. The Morgan fingerprint density at radius 3 is 2.62 bits per heavy atom. The number of aromatic nitrogens is 1. The minimum atomic E-state index is -0.603. The first-order valence-corrected chi connectivity index (χ1v) is 9.56. The van der Waals surface area contributed by atoms with Crippen molar-refractivity contribution in [1.82, 2.24) is 20.3 Å². The first kappa shape index (κ1) is 21.4. The van der Waals surface area contributed by atoms with Gasteiger partial charge >= 0.3 is 0 Å². The van der Waals surface area contributed by atoms with Crippen LogP contribution in [0, 0.1) is 0 Å². The predicted octanol–water partition coefficient (Wildman–Crippen LogP) is 2.07. The van der Waals surface area contributed by atoms with Crippen molar-refractivity contribution in [1.29, 1.82) is 0 Å². The molecular formula is C18H32IN5O2. The van der Waals surface area contributed by atoms with Gasteiger partial charge in [-0.1, -0.05) is 24.4 Å². The quantitative estimate of drug-likeness (QED) is 0.384. The highest BCUT2D eigenvalue weighted by atomic mass is 127. The van der Waals surface area contributed by atoms with Crippen LogP contribution in [0.5, 0.6) is 0 Å². The number of piperazine rings is 1. The van der Waals surface area contributed by atoms with Crippen LogP contribution in [0.3, 0.4) is 0 Å². The van der Waals surface area contributed by atoms with Crippen LogP contribution in [-0.2, 0) is 6.54 Å². The van der Waals surface area contributed by atoms with Crippen molar-refractivity contribution >= 4 is 29.9 Å². The minimum Gasteiger partial charge on any atom is -0.388 e. The number of nitrogens with one attached hydrogen (secondary N) is 1. The smallest absolute Gasteiger partial charge is 0.194 e. The Morgan fingerprint density at radius 2 is 2.00 bits per heavy atom. The SMILES string of the molecule is CCNC(=NCC1(O)CCCCC1)N1CCN(Cc2ccon2)CC1.I. The van der Waals surface area contributed by atoms with Gasteiger partial charge in [0, 0.05) is 45.3 Å². The number of aliphatic hydroxyl groups is 1. The van der Waals surface area contributed by atoms with Gasteiger partial charge in [-0.2, -0.15) is 0 Å². The Hall–Kier alpha value is -0.870. The molecule has 1 aromatic rings. The van der Waals surface area contributed by atoms with Crippen molar-refractivity contribution in [2.24, 2.45) is 4.99 Å². The number of aliphatic imine (C=N–C) groups is 1. The number of halogens is 1. The van der Waals surface area contributed by atoms with Gasteiger partial charge in [-0.15, -0.1) is 24.0 Å². The van der Waals surface area contributed by atoms with Crippen LogP contribution in [0.2, 0.25) is 0 Å². The molecule has 7 nitrogen and oxygen atoms in total. The monoisotopic (exact) mass is 477 g/mol. The van der Waals surface area contributed by atoms with Crippen LogP contribution in [-0.4, -0.2) is 70.9 Å². The Kier molecular flexibility index (Phi) is 8.62. The van der Waals surface area contributed by atoms with Crippen LogP contribution in [0.4, 0.5) is 0 Å². The first-order valence-electron chi connectivity index (χ1n) is 9.56. The molecule has 1 saturated carbocycles. The van der Waals surface area contributed by atoms with Gasteiger partial charge in [0.2, 0.25) is 0 Å². The van der Waals surface area contributed by atoms with E-state index in [4.69, 9.17) is 9.52 Å². The summed E-state index contributed by atoms with van der Waals surface area (Å²) in [5.74, 6) is 0.933. The maximum Gasteiger partial charge on any atom is 0.194 e.